The number of carbonyl (C=O) groups is 3. The van der Waals surface area contributed by atoms with Crippen LogP contribution in [0.1, 0.15) is 46.1 Å². The molecule has 1 aliphatic rings. The van der Waals surface area contributed by atoms with Crippen LogP contribution in [-0.4, -0.2) is 71.3 Å². The second-order valence-corrected chi connectivity index (χ2v) is 13.1. The molecule has 1 aliphatic heterocycles. The quantitative estimate of drug-likeness (QED) is 0.185. The number of anilines is 2. The summed E-state index contributed by atoms with van der Waals surface area (Å²) in [6.45, 7) is 7.94. The molecule has 0 aliphatic carbocycles. The summed E-state index contributed by atoms with van der Waals surface area (Å²) in [6.07, 6.45) is 2.83. The molecule has 10 nitrogen and oxygen atoms in total. The normalized spacial score (nSPS) is 15.7. The number of hydrogen-bond acceptors (Lipinski definition) is 8. The largest absolute Gasteiger partial charge is 0.496 e. The lowest BCUT2D eigenvalue weighted by Gasteiger charge is -2.36. The minimum absolute atomic E-state index is 0. The number of hydrogen-bond donors (Lipinski definition) is 3. The van der Waals surface area contributed by atoms with Crippen molar-refractivity contribution in [1.29, 1.82) is 0 Å². The van der Waals surface area contributed by atoms with E-state index in [-0.39, 0.29) is 36.4 Å². The third-order valence-corrected chi connectivity index (χ3v) is 8.79. The number of amides is 2. The number of benzene rings is 3. The Labute approximate surface area is 288 Å². The first-order valence-corrected chi connectivity index (χ1v) is 16.0. The Morgan fingerprint density at radius 2 is 1.69 bits per heavy atom. The highest BCUT2D eigenvalue weighted by atomic mass is 35.5. The third kappa shape index (κ3) is 8.11. The van der Waals surface area contributed by atoms with E-state index in [0.29, 0.717) is 42.0 Å². The van der Waals surface area contributed by atoms with E-state index < -0.39 is 23.5 Å². The molecule has 11 heteroatoms. The number of halogens is 1. The predicted octanol–water partition coefficient (Wildman–Crippen LogP) is 5.71. The standard InChI is InChI=1S/C37H44N6O4.ClH/c1-23(38-5)35(45)42-33(37(2,3)4)36(46)43-18-10-13-30(43)31(44)20-26-19-28-29(21-32(26)47-6)39-22-40-34(28)41-27-16-14-25(15-17-27)24-11-8-7-9-12-24;/h7-9,11-12,14-17,19,21-23,30,33,38H,10,13,18,20H2,1-6H3,(H,42,45)(H,39,40,41);1H/t23-,30-,33+;/m0./s1. The van der Waals surface area contributed by atoms with Gasteiger partial charge in [-0.1, -0.05) is 63.2 Å². The lowest BCUT2D eigenvalue weighted by atomic mass is 9.85. The Kier molecular flexibility index (Phi) is 11.8. The number of fused-ring (bicyclic) bond motifs is 1. The highest BCUT2D eigenvalue weighted by molar-refractivity contribution is 5.97. The Balaban J connectivity index is 0.00000520. The molecule has 5 rings (SSSR count). The van der Waals surface area contributed by atoms with E-state index in [1.807, 2.05) is 63.2 Å². The van der Waals surface area contributed by atoms with Gasteiger partial charge in [0.2, 0.25) is 11.8 Å². The van der Waals surface area contributed by atoms with Crippen LogP contribution < -0.4 is 20.7 Å². The molecule has 3 aromatic carbocycles. The van der Waals surface area contributed by atoms with Gasteiger partial charge in [0.25, 0.3) is 0 Å². The Bertz CT molecular complexity index is 1740. The number of methoxy groups -OCH3 is 1. The van der Waals surface area contributed by atoms with Gasteiger partial charge >= 0.3 is 0 Å². The number of nitrogens with zero attached hydrogens (tertiary/aromatic N) is 3. The highest BCUT2D eigenvalue weighted by Gasteiger charge is 2.42. The van der Waals surface area contributed by atoms with Crippen LogP contribution in [0.25, 0.3) is 22.0 Å². The van der Waals surface area contributed by atoms with Crippen LogP contribution in [0.15, 0.2) is 73.1 Å². The van der Waals surface area contributed by atoms with Gasteiger partial charge in [-0.25, -0.2) is 9.97 Å². The SMILES string of the molecule is CN[C@@H](C)C(=O)N[C@H](C(=O)N1CCC[C@H]1C(=O)Cc1cc2c(Nc3ccc(-c4ccccc4)cc3)ncnc2cc1OC)C(C)(C)C.Cl. The van der Waals surface area contributed by atoms with Crippen molar-refractivity contribution in [1.82, 2.24) is 25.5 Å². The fourth-order valence-electron chi connectivity index (χ4n) is 5.95. The number of ketones is 1. The van der Waals surface area contributed by atoms with E-state index in [2.05, 4.69) is 50.2 Å². The maximum absolute atomic E-state index is 13.9. The molecule has 0 bridgehead atoms. The molecule has 3 N–H and O–H groups in total. The molecule has 0 saturated carbocycles. The van der Waals surface area contributed by atoms with Crippen molar-refractivity contribution in [2.24, 2.45) is 5.41 Å². The summed E-state index contributed by atoms with van der Waals surface area (Å²) in [5, 5.41) is 9.99. The summed E-state index contributed by atoms with van der Waals surface area (Å²) < 4.78 is 5.70. The molecule has 2 amide bonds. The lowest BCUT2D eigenvalue weighted by molar-refractivity contribution is -0.143. The number of ether oxygens (including phenoxy) is 1. The molecule has 0 spiro atoms. The summed E-state index contributed by atoms with van der Waals surface area (Å²) >= 11 is 0. The number of likely N-dealkylation sites (N-methyl/N-ethyl adjacent to an activating group) is 1. The van der Waals surface area contributed by atoms with Gasteiger partial charge in [-0.15, -0.1) is 12.4 Å². The van der Waals surface area contributed by atoms with Crippen LogP contribution in [0.5, 0.6) is 5.75 Å². The monoisotopic (exact) mass is 672 g/mol. The maximum Gasteiger partial charge on any atom is 0.246 e. The molecule has 0 radical (unpaired) electrons. The van der Waals surface area contributed by atoms with Crippen LogP contribution in [0, 0.1) is 5.41 Å². The van der Waals surface area contributed by atoms with Crippen LogP contribution in [-0.2, 0) is 20.8 Å². The summed E-state index contributed by atoms with van der Waals surface area (Å²) in [5.41, 5.74) is 3.92. The van der Waals surface area contributed by atoms with E-state index in [9.17, 15) is 14.4 Å². The van der Waals surface area contributed by atoms with Gasteiger partial charge < -0.3 is 25.6 Å². The maximum atomic E-state index is 13.9. The Hall–Kier alpha value is -4.54. The molecule has 48 heavy (non-hydrogen) atoms. The number of nitrogens with one attached hydrogen (secondary N) is 3. The zero-order valence-electron chi connectivity index (χ0n) is 28.4. The topological polar surface area (TPSA) is 126 Å². The zero-order valence-corrected chi connectivity index (χ0v) is 29.2. The first-order valence-electron chi connectivity index (χ1n) is 16.0. The number of Topliss-reactive ketones (excluding diaryl/α,β-unsaturated/α-hetero) is 1. The average molecular weight is 673 g/mol. The molecule has 4 aromatic rings. The molecule has 1 aromatic heterocycles. The van der Waals surface area contributed by atoms with Gasteiger partial charge in [0.1, 0.15) is 23.9 Å². The Morgan fingerprint density at radius 1 is 1.00 bits per heavy atom. The molecular weight excluding hydrogens is 628 g/mol. The van der Waals surface area contributed by atoms with Crippen molar-refractivity contribution in [3.8, 4) is 16.9 Å². The lowest BCUT2D eigenvalue weighted by Crippen LogP contribution is -2.58. The average Bonchev–Trinajstić information content (AvgIpc) is 3.57. The van der Waals surface area contributed by atoms with Crippen molar-refractivity contribution in [2.45, 2.75) is 65.1 Å². The van der Waals surface area contributed by atoms with Gasteiger partial charge in [-0.2, -0.15) is 0 Å². The summed E-state index contributed by atoms with van der Waals surface area (Å²) in [6, 6.07) is 20.2. The minimum Gasteiger partial charge on any atom is -0.496 e. The second kappa shape index (κ2) is 15.6. The van der Waals surface area contributed by atoms with Crippen LogP contribution in [0.2, 0.25) is 0 Å². The fourth-order valence-corrected chi connectivity index (χ4v) is 5.95. The fraction of sp³-hybridized carbons (Fsp3) is 0.378. The van der Waals surface area contributed by atoms with Gasteiger partial charge in [0.15, 0.2) is 5.78 Å². The molecule has 2 heterocycles. The van der Waals surface area contributed by atoms with Crippen LogP contribution in [0.4, 0.5) is 11.5 Å². The van der Waals surface area contributed by atoms with Gasteiger partial charge in [-0.3, -0.25) is 14.4 Å². The first-order chi connectivity index (χ1) is 22.5. The van der Waals surface area contributed by atoms with Crippen molar-refractivity contribution >= 4 is 52.4 Å². The molecule has 3 atom stereocenters. The summed E-state index contributed by atoms with van der Waals surface area (Å²) in [4.78, 5) is 51.2. The van der Waals surface area contributed by atoms with Gasteiger partial charge in [0, 0.05) is 35.7 Å². The summed E-state index contributed by atoms with van der Waals surface area (Å²) in [7, 11) is 3.26. The number of rotatable bonds is 11. The van der Waals surface area contributed by atoms with Crippen molar-refractivity contribution in [3.63, 3.8) is 0 Å². The smallest absolute Gasteiger partial charge is 0.246 e. The van der Waals surface area contributed by atoms with Crippen molar-refractivity contribution < 1.29 is 19.1 Å². The summed E-state index contributed by atoms with van der Waals surface area (Å²) in [5.74, 6) is 0.561. The predicted molar refractivity (Wildman–Crippen MR) is 192 cm³/mol. The van der Waals surface area contributed by atoms with E-state index in [0.717, 1.165) is 22.2 Å². The minimum atomic E-state index is -0.776. The van der Waals surface area contributed by atoms with Crippen LogP contribution in [0.3, 0.4) is 0 Å². The number of carbonyl (C=O) groups excluding carboxylic acids is 3. The van der Waals surface area contributed by atoms with Crippen LogP contribution >= 0.6 is 12.4 Å². The molecule has 0 unspecified atom stereocenters. The number of likely N-dealkylation sites (tertiary alicyclic amines) is 1. The molecule has 1 fully saturated rings. The van der Waals surface area contributed by atoms with Crippen molar-refractivity contribution in [2.75, 3.05) is 26.0 Å². The first kappa shape index (κ1) is 36.3. The van der Waals surface area contributed by atoms with Gasteiger partial charge in [0.05, 0.1) is 24.7 Å². The number of aromatic nitrogens is 2. The molecule has 1 saturated heterocycles. The van der Waals surface area contributed by atoms with E-state index in [1.54, 1.807) is 26.0 Å². The van der Waals surface area contributed by atoms with E-state index in [4.69, 9.17) is 4.74 Å². The van der Waals surface area contributed by atoms with E-state index >= 15 is 0 Å². The van der Waals surface area contributed by atoms with Gasteiger partial charge in [-0.05, 0) is 61.6 Å². The third-order valence-electron chi connectivity index (χ3n) is 8.79. The molecular formula is C37H45ClN6O4. The molecule has 254 valence electrons. The zero-order chi connectivity index (χ0) is 33.7. The van der Waals surface area contributed by atoms with Crippen molar-refractivity contribution in [3.05, 3.63) is 78.6 Å². The highest BCUT2D eigenvalue weighted by Crippen LogP contribution is 2.33. The Morgan fingerprint density at radius 3 is 2.33 bits per heavy atom. The van der Waals surface area contributed by atoms with E-state index in [1.165, 1.54) is 6.33 Å². The second-order valence-electron chi connectivity index (χ2n) is 13.1.